The Morgan fingerprint density at radius 1 is 1.19 bits per heavy atom. The van der Waals surface area contributed by atoms with Gasteiger partial charge in [-0.2, -0.15) is 4.31 Å². The lowest BCUT2D eigenvalue weighted by Gasteiger charge is -2.38. The number of nitrogens with one attached hydrogen (secondary N) is 1. The molecule has 2 aromatic rings. The molecule has 2 aliphatic heterocycles. The molecule has 1 amide bonds. The summed E-state index contributed by atoms with van der Waals surface area (Å²) in [4.78, 5) is 12.2. The molecule has 10 heteroatoms. The highest BCUT2D eigenvalue weighted by Crippen LogP contribution is 2.40. The van der Waals surface area contributed by atoms with Crippen molar-refractivity contribution in [3.63, 3.8) is 0 Å². The average Bonchev–Trinajstić information content (AvgIpc) is 3.48. The summed E-state index contributed by atoms with van der Waals surface area (Å²) in [7, 11) is -1.86. The van der Waals surface area contributed by atoms with Crippen molar-refractivity contribution in [3.8, 4) is 11.5 Å². The van der Waals surface area contributed by atoms with Crippen molar-refractivity contribution >= 4 is 27.3 Å². The Labute approximate surface area is 192 Å². The molecule has 2 saturated heterocycles. The van der Waals surface area contributed by atoms with Crippen LogP contribution in [0, 0.1) is 0 Å². The van der Waals surface area contributed by atoms with Gasteiger partial charge < -0.3 is 19.5 Å². The number of hydrogen-bond acceptors (Lipinski definition) is 7. The minimum atomic E-state index is -3.42. The van der Waals surface area contributed by atoms with E-state index in [4.69, 9.17) is 14.2 Å². The molecule has 1 N–H and O–H groups in total. The number of thiophene rings is 1. The van der Waals surface area contributed by atoms with Crippen molar-refractivity contribution in [2.45, 2.75) is 41.6 Å². The lowest BCUT2D eigenvalue weighted by Crippen LogP contribution is -2.47. The van der Waals surface area contributed by atoms with E-state index in [2.05, 4.69) is 5.32 Å². The second kappa shape index (κ2) is 9.78. The molecular formula is C22H28N2O6S2. The molecule has 1 aromatic carbocycles. The van der Waals surface area contributed by atoms with E-state index in [0.717, 1.165) is 12.8 Å². The Bertz CT molecular complexity index is 1020. The van der Waals surface area contributed by atoms with Crippen LogP contribution in [0.4, 0.5) is 0 Å². The molecule has 0 aliphatic carbocycles. The van der Waals surface area contributed by atoms with Crippen LogP contribution >= 0.6 is 11.3 Å². The van der Waals surface area contributed by atoms with Crippen LogP contribution in [0.25, 0.3) is 0 Å². The summed E-state index contributed by atoms with van der Waals surface area (Å²) in [6.45, 7) is 1.21. The molecule has 8 nitrogen and oxygen atoms in total. The molecule has 3 heterocycles. The van der Waals surface area contributed by atoms with Crippen LogP contribution in [0.15, 0.2) is 46.0 Å². The van der Waals surface area contributed by atoms with Crippen LogP contribution in [-0.4, -0.2) is 63.7 Å². The van der Waals surface area contributed by atoms with Crippen molar-refractivity contribution in [1.82, 2.24) is 9.62 Å². The first-order valence-corrected chi connectivity index (χ1v) is 13.0. The first kappa shape index (κ1) is 23.0. The number of carbonyl (C=O) groups is 1. The normalized spacial score (nSPS) is 20.8. The first-order chi connectivity index (χ1) is 15.4. The molecule has 32 heavy (non-hydrogen) atoms. The summed E-state index contributed by atoms with van der Waals surface area (Å²) >= 11 is 1.24. The van der Waals surface area contributed by atoms with Crippen molar-refractivity contribution < 1.29 is 27.4 Å². The first-order valence-electron chi connectivity index (χ1n) is 10.7. The Kier molecular flexibility index (Phi) is 7.04. The van der Waals surface area contributed by atoms with Crippen LogP contribution in [0.5, 0.6) is 11.5 Å². The van der Waals surface area contributed by atoms with E-state index in [-0.39, 0.29) is 24.2 Å². The maximum Gasteiger partial charge on any atom is 0.258 e. The Morgan fingerprint density at radius 3 is 2.62 bits per heavy atom. The number of nitrogens with zero attached hydrogens (tertiary/aromatic N) is 1. The molecule has 174 valence electrons. The second-order valence-electron chi connectivity index (χ2n) is 8.04. The zero-order valence-corrected chi connectivity index (χ0v) is 19.6. The number of rotatable bonds is 8. The van der Waals surface area contributed by atoms with Gasteiger partial charge in [-0.3, -0.25) is 4.79 Å². The number of para-hydroxylation sites is 2. The molecule has 1 atom stereocenters. The Hall–Kier alpha value is -2.14. The number of carbonyl (C=O) groups excluding carboxylic acids is 1. The summed E-state index contributed by atoms with van der Waals surface area (Å²) in [5.74, 6) is 0.872. The molecule has 4 rings (SSSR count). The summed E-state index contributed by atoms with van der Waals surface area (Å²) in [6.07, 6.45) is 2.96. The standard InChI is InChI=1S/C22H28N2O6S2/c1-28-18-5-2-3-6-19(18)29-16-20(25)23-15-17-8-9-22(30-17)10-12-24(13-11-22)32(26,27)21-7-4-14-31-21/h2-7,14,17H,8-13,15-16H2,1H3,(H,23,25)/t17-/m1/s1. The quantitative estimate of drug-likeness (QED) is 0.624. The maximum absolute atomic E-state index is 12.7. The predicted molar refractivity (Wildman–Crippen MR) is 121 cm³/mol. The van der Waals surface area contributed by atoms with Crippen LogP contribution in [-0.2, 0) is 19.6 Å². The third-order valence-electron chi connectivity index (χ3n) is 6.02. The number of hydrogen-bond donors (Lipinski definition) is 1. The van der Waals surface area contributed by atoms with Gasteiger partial charge >= 0.3 is 0 Å². The SMILES string of the molecule is COc1ccccc1OCC(=O)NC[C@H]1CCC2(CCN(S(=O)(=O)c3cccs3)CC2)O1. The molecule has 0 saturated carbocycles. The smallest absolute Gasteiger partial charge is 0.258 e. The Morgan fingerprint density at radius 2 is 1.94 bits per heavy atom. The number of sulfonamides is 1. The average molecular weight is 481 g/mol. The molecule has 0 bridgehead atoms. The van der Waals surface area contributed by atoms with E-state index in [9.17, 15) is 13.2 Å². The molecule has 0 radical (unpaired) electrons. The lowest BCUT2D eigenvalue weighted by molar-refractivity contribution is -0.124. The highest BCUT2D eigenvalue weighted by atomic mass is 32.2. The van der Waals surface area contributed by atoms with E-state index in [0.29, 0.717) is 48.2 Å². The van der Waals surface area contributed by atoms with Gasteiger partial charge in [0.25, 0.3) is 15.9 Å². The summed E-state index contributed by atoms with van der Waals surface area (Å²) in [6, 6.07) is 10.6. The number of amides is 1. The highest BCUT2D eigenvalue weighted by Gasteiger charge is 2.44. The third-order valence-corrected chi connectivity index (χ3v) is 9.29. The van der Waals surface area contributed by atoms with E-state index < -0.39 is 10.0 Å². The fourth-order valence-corrected chi connectivity index (χ4v) is 6.82. The number of methoxy groups -OCH3 is 1. The van der Waals surface area contributed by atoms with Crippen LogP contribution in [0.1, 0.15) is 25.7 Å². The summed E-state index contributed by atoms with van der Waals surface area (Å²) < 4.78 is 44.5. The van der Waals surface area contributed by atoms with Crippen molar-refractivity contribution in [3.05, 3.63) is 41.8 Å². The molecule has 2 aliphatic rings. The summed E-state index contributed by atoms with van der Waals surface area (Å²) in [5.41, 5.74) is -0.301. The fraction of sp³-hybridized carbons (Fsp3) is 0.500. The van der Waals surface area contributed by atoms with Crippen molar-refractivity contribution in [1.29, 1.82) is 0 Å². The van der Waals surface area contributed by atoms with E-state index in [1.807, 2.05) is 12.1 Å². The molecular weight excluding hydrogens is 452 g/mol. The van der Waals surface area contributed by atoms with Crippen LogP contribution in [0.2, 0.25) is 0 Å². The molecule has 0 unspecified atom stereocenters. The minimum Gasteiger partial charge on any atom is -0.493 e. The molecule has 1 spiro atoms. The summed E-state index contributed by atoms with van der Waals surface area (Å²) in [5, 5.41) is 4.65. The number of ether oxygens (including phenoxy) is 3. The Balaban J connectivity index is 1.22. The number of benzene rings is 1. The van der Waals surface area contributed by atoms with Crippen molar-refractivity contribution in [2.24, 2.45) is 0 Å². The zero-order valence-electron chi connectivity index (χ0n) is 18.0. The minimum absolute atomic E-state index is 0.0781. The fourth-order valence-electron chi connectivity index (χ4n) is 4.24. The van der Waals surface area contributed by atoms with Gasteiger partial charge in [0.1, 0.15) is 4.21 Å². The topological polar surface area (TPSA) is 94.2 Å². The van der Waals surface area contributed by atoms with Gasteiger partial charge in [0.15, 0.2) is 18.1 Å². The lowest BCUT2D eigenvalue weighted by atomic mass is 9.89. The molecule has 1 aromatic heterocycles. The van der Waals surface area contributed by atoms with Crippen LogP contribution in [0.3, 0.4) is 0 Å². The van der Waals surface area contributed by atoms with Gasteiger partial charge in [-0.15, -0.1) is 11.3 Å². The van der Waals surface area contributed by atoms with Gasteiger partial charge in [0.2, 0.25) is 0 Å². The third kappa shape index (κ3) is 5.09. The van der Waals surface area contributed by atoms with Gasteiger partial charge in [-0.25, -0.2) is 8.42 Å². The maximum atomic E-state index is 12.7. The van der Waals surface area contributed by atoms with Gasteiger partial charge in [0.05, 0.1) is 18.8 Å². The van der Waals surface area contributed by atoms with Crippen LogP contribution < -0.4 is 14.8 Å². The largest absolute Gasteiger partial charge is 0.493 e. The zero-order chi connectivity index (χ0) is 22.6. The molecule has 2 fully saturated rings. The predicted octanol–water partition coefficient (Wildman–Crippen LogP) is 2.65. The van der Waals surface area contributed by atoms with E-state index in [1.165, 1.54) is 11.3 Å². The van der Waals surface area contributed by atoms with Gasteiger partial charge in [-0.1, -0.05) is 18.2 Å². The van der Waals surface area contributed by atoms with Gasteiger partial charge in [0, 0.05) is 19.6 Å². The monoisotopic (exact) mass is 480 g/mol. The number of piperidine rings is 1. The highest BCUT2D eigenvalue weighted by molar-refractivity contribution is 7.91. The van der Waals surface area contributed by atoms with E-state index in [1.54, 1.807) is 41.1 Å². The van der Waals surface area contributed by atoms with E-state index >= 15 is 0 Å². The van der Waals surface area contributed by atoms with Gasteiger partial charge in [-0.05, 0) is 49.3 Å². The van der Waals surface area contributed by atoms with Crippen molar-refractivity contribution in [2.75, 3.05) is 33.4 Å². The second-order valence-corrected chi connectivity index (χ2v) is 11.2.